The molecule has 2 heterocycles. The van der Waals surface area contributed by atoms with Gasteiger partial charge in [-0.1, -0.05) is 0 Å². The van der Waals surface area contributed by atoms with Crippen molar-refractivity contribution in [3.63, 3.8) is 0 Å². The van der Waals surface area contributed by atoms with E-state index in [1.807, 2.05) is 0 Å². The van der Waals surface area contributed by atoms with Gasteiger partial charge in [-0.15, -0.1) is 11.3 Å². The average Bonchev–Trinajstić information content (AvgIpc) is 2.93. The summed E-state index contributed by atoms with van der Waals surface area (Å²) >= 11 is 1.46. The summed E-state index contributed by atoms with van der Waals surface area (Å²) in [4.78, 5) is 30.6. The smallest absolute Gasteiger partial charge is 0.305 e. The minimum atomic E-state index is -0.916. The van der Waals surface area contributed by atoms with Gasteiger partial charge in [0.1, 0.15) is 10.7 Å². The maximum Gasteiger partial charge on any atom is 0.305 e. The Kier molecular flexibility index (Phi) is 5.66. The van der Waals surface area contributed by atoms with Gasteiger partial charge in [0, 0.05) is 32.1 Å². The molecule has 0 atom stereocenters. The van der Waals surface area contributed by atoms with Crippen LogP contribution in [0.1, 0.15) is 21.9 Å². The largest absolute Gasteiger partial charge is 0.481 e. The number of hydrogen-bond acceptors (Lipinski definition) is 6. The van der Waals surface area contributed by atoms with E-state index in [-0.39, 0.29) is 18.9 Å². The second-order valence-corrected chi connectivity index (χ2v) is 5.83. The van der Waals surface area contributed by atoms with Gasteiger partial charge in [-0.2, -0.15) is 0 Å². The maximum absolute atomic E-state index is 12.1. The number of ether oxygens (including phenoxy) is 1. The molecule has 0 bridgehead atoms. The fourth-order valence-corrected chi connectivity index (χ4v) is 2.80. The van der Waals surface area contributed by atoms with Crippen LogP contribution in [-0.4, -0.2) is 71.7 Å². The molecule has 0 saturated carbocycles. The van der Waals surface area contributed by atoms with Crippen molar-refractivity contribution in [1.29, 1.82) is 0 Å². The van der Waals surface area contributed by atoms with Crippen LogP contribution in [-0.2, 0) is 16.1 Å². The maximum atomic E-state index is 12.1. The van der Waals surface area contributed by atoms with Crippen LogP contribution < -0.4 is 0 Å². The van der Waals surface area contributed by atoms with Gasteiger partial charge < -0.3 is 14.7 Å². The van der Waals surface area contributed by atoms with E-state index in [0.717, 1.165) is 37.9 Å². The van der Waals surface area contributed by atoms with Gasteiger partial charge in [0.05, 0.1) is 26.2 Å². The number of aliphatic carboxylic acids is 1. The molecule has 0 aromatic carbocycles. The van der Waals surface area contributed by atoms with E-state index in [9.17, 15) is 9.59 Å². The zero-order chi connectivity index (χ0) is 15.2. The van der Waals surface area contributed by atoms with Crippen molar-refractivity contribution in [2.45, 2.75) is 13.0 Å². The summed E-state index contributed by atoms with van der Waals surface area (Å²) in [6, 6.07) is 0. The first-order valence-corrected chi connectivity index (χ1v) is 7.66. The Hall–Kier alpha value is -1.51. The van der Waals surface area contributed by atoms with Crippen LogP contribution in [0.2, 0.25) is 0 Å². The van der Waals surface area contributed by atoms with Crippen LogP contribution in [0, 0.1) is 0 Å². The topological polar surface area (TPSA) is 83.0 Å². The summed E-state index contributed by atoms with van der Waals surface area (Å²) in [5, 5.41) is 11.3. The Balaban J connectivity index is 1.88. The van der Waals surface area contributed by atoms with E-state index in [2.05, 4.69) is 9.88 Å². The second kappa shape index (κ2) is 7.48. The van der Waals surface area contributed by atoms with E-state index >= 15 is 0 Å². The highest BCUT2D eigenvalue weighted by Gasteiger charge is 2.18. The second-order valence-electron chi connectivity index (χ2n) is 4.89. The fraction of sp³-hybridized carbons (Fsp3) is 0.615. The number of rotatable bonds is 6. The molecule has 1 N–H and O–H groups in total. The monoisotopic (exact) mass is 313 g/mol. The lowest BCUT2D eigenvalue weighted by Crippen LogP contribution is -2.35. The molecule has 0 unspecified atom stereocenters. The van der Waals surface area contributed by atoms with Crippen molar-refractivity contribution in [3.05, 3.63) is 16.1 Å². The predicted molar refractivity (Wildman–Crippen MR) is 77.4 cm³/mol. The van der Waals surface area contributed by atoms with Crippen LogP contribution in [0.5, 0.6) is 0 Å². The molecule has 0 aliphatic carbocycles. The molecule has 0 spiro atoms. The fourth-order valence-electron chi connectivity index (χ4n) is 1.99. The first-order valence-electron chi connectivity index (χ1n) is 6.78. The zero-order valence-electron chi connectivity index (χ0n) is 11.9. The predicted octanol–water partition coefficient (Wildman–Crippen LogP) is 0.522. The molecule has 1 fully saturated rings. The third-order valence-corrected chi connectivity index (χ3v) is 4.07. The van der Waals surface area contributed by atoms with Crippen molar-refractivity contribution in [1.82, 2.24) is 14.8 Å². The van der Waals surface area contributed by atoms with Crippen LogP contribution in [0.25, 0.3) is 0 Å². The van der Waals surface area contributed by atoms with Gasteiger partial charge in [-0.05, 0) is 0 Å². The van der Waals surface area contributed by atoms with E-state index in [1.54, 1.807) is 12.4 Å². The van der Waals surface area contributed by atoms with Gasteiger partial charge >= 0.3 is 5.97 Å². The third kappa shape index (κ3) is 4.76. The van der Waals surface area contributed by atoms with E-state index in [4.69, 9.17) is 9.84 Å². The van der Waals surface area contributed by atoms with Crippen LogP contribution >= 0.6 is 11.3 Å². The van der Waals surface area contributed by atoms with Gasteiger partial charge in [-0.25, -0.2) is 4.98 Å². The van der Waals surface area contributed by atoms with Crippen molar-refractivity contribution < 1.29 is 19.4 Å². The Morgan fingerprint density at radius 1 is 1.48 bits per heavy atom. The molecule has 1 aromatic rings. The van der Waals surface area contributed by atoms with Crippen LogP contribution in [0.3, 0.4) is 0 Å². The number of nitrogens with zero attached hydrogens (tertiary/aromatic N) is 3. The van der Waals surface area contributed by atoms with E-state index in [1.165, 1.54) is 16.2 Å². The third-order valence-electron chi connectivity index (χ3n) is 3.24. The SMILES string of the molecule is CN(CCC(=O)O)C(=O)c1csc(CN2CCOCC2)n1. The molecule has 1 saturated heterocycles. The number of hydrogen-bond donors (Lipinski definition) is 1. The highest BCUT2D eigenvalue weighted by molar-refractivity contribution is 7.09. The summed E-state index contributed by atoms with van der Waals surface area (Å²) in [5.41, 5.74) is 0.385. The summed E-state index contributed by atoms with van der Waals surface area (Å²) in [5.74, 6) is -1.15. The molecule has 0 radical (unpaired) electrons. The lowest BCUT2D eigenvalue weighted by molar-refractivity contribution is -0.137. The van der Waals surface area contributed by atoms with E-state index in [0.29, 0.717) is 5.69 Å². The summed E-state index contributed by atoms with van der Waals surface area (Å²) in [7, 11) is 1.59. The number of carbonyl (C=O) groups is 2. The first kappa shape index (κ1) is 15.9. The molecule has 2 rings (SSSR count). The van der Waals surface area contributed by atoms with Gasteiger partial charge in [-0.3, -0.25) is 14.5 Å². The normalized spacial score (nSPS) is 15.9. The van der Waals surface area contributed by atoms with Crippen molar-refractivity contribution in [3.8, 4) is 0 Å². The Labute approximate surface area is 127 Å². The highest BCUT2D eigenvalue weighted by atomic mass is 32.1. The van der Waals surface area contributed by atoms with Gasteiger partial charge in [0.25, 0.3) is 5.91 Å². The lowest BCUT2D eigenvalue weighted by atomic mass is 10.3. The highest BCUT2D eigenvalue weighted by Crippen LogP contribution is 2.14. The number of carbonyl (C=O) groups excluding carboxylic acids is 1. The molecule has 116 valence electrons. The molecule has 8 heteroatoms. The van der Waals surface area contributed by atoms with E-state index < -0.39 is 5.97 Å². The molecule has 1 aromatic heterocycles. The van der Waals surface area contributed by atoms with Crippen LogP contribution in [0.15, 0.2) is 5.38 Å². The van der Waals surface area contributed by atoms with Gasteiger partial charge in [0.2, 0.25) is 0 Å². The van der Waals surface area contributed by atoms with Gasteiger partial charge in [0.15, 0.2) is 0 Å². The minimum Gasteiger partial charge on any atom is -0.481 e. The number of carboxylic acid groups (broad SMARTS) is 1. The lowest BCUT2D eigenvalue weighted by Gasteiger charge is -2.25. The number of morpholine rings is 1. The summed E-state index contributed by atoms with van der Waals surface area (Å²) in [6.45, 7) is 4.12. The first-order chi connectivity index (χ1) is 10.1. The Morgan fingerprint density at radius 3 is 2.86 bits per heavy atom. The number of aromatic nitrogens is 1. The number of thiazole rings is 1. The zero-order valence-corrected chi connectivity index (χ0v) is 12.8. The van der Waals surface area contributed by atoms with Crippen molar-refractivity contribution in [2.24, 2.45) is 0 Å². The molecule has 21 heavy (non-hydrogen) atoms. The Morgan fingerprint density at radius 2 is 2.19 bits per heavy atom. The number of carboxylic acids is 1. The molecular weight excluding hydrogens is 294 g/mol. The number of amides is 1. The van der Waals surface area contributed by atoms with Crippen LogP contribution in [0.4, 0.5) is 0 Å². The summed E-state index contributed by atoms with van der Waals surface area (Å²) in [6.07, 6.45) is -0.0625. The molecule has 1 amide bonds. The quantitative estimate of drug-likeness (QED) is 0.824. The molecular formula is C13H19N3O4S. The minimum absolute atomic E-state index is 0.0625. The van der Waals surface area contributed by atoms with Crippen molar-refractivity contribution in [2.75, 3.05) is 39.9 Å². The molecule has 1 aliphatic rings. The summed E-state index contributed by atoms with van der Waals surface area (Å²) < 4.78 is 5.29. The van der Waals surface area contributed by atoms with Crippen molar-refractivity contribution >= 4 is 23.2 Å². The molecule has 1 aliphatic heterocycles. The average molecular weight is 313 g/mol. The molecule has 7 nitrogen and oxygen atoms in total. The Bertz CT molecular complexity index is 499. The standard InChI is InChI=1S/C13H19N3O4S/c1-15(3-2-12(17)18)13(19)10-9-21-11(14-10)8-16-4-6-20-7-5-16/h9H,2-8H2,1H3,(H,17,18).